The Bertz CT molecular complexity index is 364. The normalized spacial score (nSPS) is 23.9. The zero-order chi connectivity index (χ0) is 12.8. The molecule has 100 valence electrons. The summed E-state index contributed by atoms with van der Waals surface area (Å²) in [6.45, 7) is 3.27. The molecule has 18 heavy (non-hydrogen) atoms. The van der Waals surface area contributed by atoms with Crippen molar-refractivity contribution in [1.29, 1.82) is 0 Å². The summed E-state index contributed by atoms with van der Waals surface area (Å²) in [6, 6.07) is 9.05. The third kappa shape index (κ3) is 3.49. The second-order valence-corrected chi connectivity index (χ2v) is 5.29. The molecule has 1 aliphatic carbocycles. The van der Waals surface area contributed by atoms with E-state index in [0.29, 0.717) is 6.04 Å². The lowest BCUT2D eigenvalue weighted by Crippen LogP contribution is -2.37. The highest BCUT2D eigenvalue weighted by molar-refractivity contribution is 5.28. The van der Waals surface area contributed by atoms with E-state index >= 15 is 0 Å². The van der Waals surface area contributed by atoms with Gasteiger partial charge in [-0.3, -0.25) is 0 Å². The second-order valence-electron chi connectivity index (χ2n) is 5.29. The predicted molar refractivity (Wildman–Crippen MR) is 75.9 cm³/mol. The van der Waals surface area contributed by atoms with Gasteiger partial charge in [-0.05, 0) is 36.5 Å². The van der Waals surface area contributed by atoms with E-state index in [2.05, 4.69) is 30.4 Å². The Morgan fingerprint density at radius 2 is 2.11 bits per heavy atom. The van der Waals surface area contributed by atoms with E-state index in [1.54, 1.807) is 7.11 Å². The molecule has 2 unspecified atom stereocenters. The van der Waals surface area contributed by atoms with E-state index in [4.69, 9.17) is 4.74 Å². The van der Waals surface area contributed by atoms with Crippen molar-refractivity contribution in [2.24, 2.45) is 5.92 Å². The van der Waals surface area contributed by atoms with Crippen molar-refractivity contribution in [1.82, 2.24) is 5.32 Å². The molecule has 0 bridgehead atoms. The molecular weight excluding hydrogens is 222 g/mol. The van der Waals surface area contributed by atoms with Gasteiger partial charge in [-0.25, -0.2) is 0 Å². The summed E-state index contributed by atoms with van der Waals surface area (Å²) < 4.78 is 5.26. The van der Waals surface area contributed by atoms with E-state index in [1.807, 2.05) is 6.07 Å². The molecule has 1 aromatic rings. The zero-order valence-corrected chi connectivity index (χ0v) is 11.6. The lowest BCUT2D eigenvalue weighted by Gasteiger charge is -2.31. The number of benzene rings is 1. The van der Waals surface area contributed by atoms with Gasteiger partial charge >= 0.3 is 0 Å². The van der Waals surface area contributed by atoms with Crippen LogP contribution < -0.4 is 10.1 Å². The third-order valence-corrected chi connectivity index (χ3v) is 4.14. The molecule has 0 spiro atoms. The number of methoxy groups -OCH3 is 1. The van der Waals surface area contributed by atoms with Gasteiger partial charge in [0.2, 0.25) is 0 Å². The van der Waals surface area contributed by atoms with Gasteiger partial charge in [0.15, 0.2) is 0 Å². The Morgan fingerprint density at radius 1 is 1.28 bits per heavy atom. The first-order valence-corrected chi connectivity index (χ1v) is 7.19. The van der Waals surface area contributed by atoms with Crippen LogP contribution in [0.15, 0.2) is 24.3 Å². The third-order valence-electron chi connectivity index (χ3n) is 4.14. The molecule has 0 radical (unpaired) electrons. The number of hydrogen-bond donors (Lipinski definition) is 1. The van der Waals surface area contributed by atoms with Crippen LogP contribution in [0.1, 0.15) is 44.6 Å². The maximum Gasteiger partial charge on any atom is 0.119 e. The fraction of sp³-hybridized carbons (Fsp3) is 0.625. The topological polar surface area (TPSA) is 21.3 Å². The Kier molecular flexibility index (Phi) is 5.06. The first-order valence-electron chi connectivity index (χ1n) is 7.19. The second kappa shape index (κ2) is 6.79. The average molecular weight is 247 g/mol. The standard InChI is InChI=1S/C16H25NO/c1-3-14-8-4-5-10-16(14)17-12-13-7-6-9-15(11-13)18-2/h6-7,9,11,14,16-17H,3-5,8,10,12H2,1-2H3. The van der Waals surface area contributed by atoms with Crippen LogP contribution in [0.2, 0.25) is 0 Å². The van der Waals surface area contributed by atoms with Gasteiger partial charge in [0.25, 0.3) is 0 Å². The molecular formula is C16H25NO. The lowest BCUT2D eigenvalue weighted by atomic mass is 9.83. The minimum Gasteiger partial charge on any atom is -0.497 e. The van der Waals surface area contributed by atoms with Crippen molar-refractivity contribution in [2.75, 3.05) is 7.11 Å². The number of rotatable bonds is 5. The summed E-state index contributed by atoms with van der Waals surface area (Å²) in [5, 5.41) is 3.73. The van der Waals surface area contributed by atoms with Crippen molar-refractivity contribution >= 4 is 0 Å². The number of hydrogen-bond acceptors (Lipinski definition) is 2. The molecule has 0 heterocycles. The van der Waals surface area contributed by atoms with Crippen LogP contribution in [-0.4, -0.2) is 13.2 Å². The van der Waals surface area contributed by atoms with Crippen molar-refractivity contribution in [3.8, 4) is 5.75 Å². The first-order chi connectivity index (χ1) is 8.83. The van der Waals surface area contributed by atoms with Crippen LogP contribution in [0.4, 0.5) is 0 Å². The summed E-state index contributed by atoms with van der Waals surface area (Å²) in [5.41, 5.74) is 1.31. The number of nitrogens with one attached hydrogen (secondary N) is 1. The predicted octanol–water partition coefficient (Wildman–Crippen LogP) is 3.75. The SMILES string of the molecule is CCC1CCCCC1NCc1cccc(OC)c1. The van der Waals surface area contributed by atoms with Gasteiger partial charge in [-0.1, -0.05) is 38.3 Å². The molecule has 2 heteroatoms. The zero-order valence-electron chi connectivity index (χ0n) is 11.6. The summed E-state index contributed by atoms with van der Waals surface area (Å²) in [7, 11) is 1.72. The highest BCUT2D eigenvalue weighted by atomic mass is 16.5. The van der Waals surface area contributed by atoms with E-state index < -0.39 is 0 Å². The molecule has 1 saturated carbocycles. The summed E-state index contributed by atoms with van der Waals surface area (Å²) in [5.74, 6) is 1.81. The van der Waals surface area contributed by atoms with Crippen LogP contribution in [0.5, 0.6) is 5.75 Å². The fourth-order valence-corrected chi connectivity index (χ4v) is 3.00. The molecule has 0 aliphatic heterocycles. The Hall–Kier alpha value is -1.02. The van der Waals surface area contributed by atoms with Crippen molar-refractivity contribution in [2.45, 2.75) is 51.6 Å². The van der Waals surface area contributed by atoms with Crippen molar-refractivity contribution in [3.05, 3.63) is 29.8 Å². The molecule has 1 N–H and O–H groups in total. The van der Waals surface area contributed by atoms with Gasteiger partial charge in [-0.2, -0.15) is 0 Å². The quantitative estimate of drug-likeness (QED) is 0.855. The van der Waals surface area contributed by atoms with Gasteiger partial charge < -0.3 is 10.1 Å². The fourth-order valence-electron chi connectivity index (χ4n) is 3.00. The highest BCUT2D eigenvalue weighted by Gasteiger charge is 2.22. The molecule has 2 atom stereocenters. The monoisotopic (exact) mass is 247 g/mol. The van der Waals surface area contributed by atoms with Gasteiger partial charge in [-0.15, -0.1) is 0 Å². The Balaban J connectivity index is 1.89. The maximum atomic E-state index is 5.26. The molecule has 2 rings (SSSR count). The lowest BCUT2D eigenvalue weighted by molar-refractivity contribution is 0.254. The van der Waals surface area contributed by atoms with Crippen LogP contribution >= 0.6 is 0 Å². The number of ether oxygens (including phenoxy) is 1. The van der Waals surface area contributed by atoms with Crippen LogP contribution in [0.25, 0.3) is 0 Å². The van der Waals surface area contributed by atoms with Crippen LogP contribution in [0, 0.1) is 5.92 Å². The van der Waals surface area contributed by atoms with E-state index in [0.717, 1.165) is 18.2 Å². The van der Waals surface area contributed by atoms with E-state index in [9.17, 15) is 0 Å². The molecule has 1 aromatic carbocycles. The van der Waals surface area contributed by atoms with Gasteiger partial charge in [0, 0.05) is 12.6 Å². The minimum absolute atomic E-state index is 0.704. The van der Waals surface area contributed by atoms with Crippen molar-refractivity contribution in [3.63, 3.8) is 0 Å². The van der Waals surface area contributed by atoms with Crippen LogP contribution in [0.3, 0.4) is 0 Å². The Labute approximate surface area is 111 Å². The largest absolute Gasteiger partial charge is 0.497 e. The van der Waals surface area contributed by atoms with E-state index in [1.165, 1.54) is 37.7 Å². The molecule has 0 amide bonds. The molecule has 1 fully saturated rings. The first kappa shape index (κ1) is 13.4. The van der Waals surface area contributed by atoms with E-state index in [-0.39, 0.29) is 0 Å². The van der Waals surface area contributed by atoms with Crippen molar-refractivity contribution < 1.29 is 4.74 Å². The Morgan fingerprint density at radius 3 is 2.89 bits per heavy atom. The molecule has 2 nitrogen and oxygen atoms in total. The summed E-state index contributed by atoms with van der Waals surface area (Å²) in [4.78, 5) is 0. The minimum atomic E-state index is 0.704. The summed E-state index contributed by atoms with van der Waals surface area (Å²) in [6.07, 6.45) is 6.83. The van der Waals surface area contributed by atoms with Gasteiger partial charge in [0.05, 0.1) is 7.11 Å². The molecule has 1 aliphatic rings. The smallest absolute Gasteiger partial charge is 0.119 e. The molecule has 0 saturated heterocycles. The van der Waals surface area contributed by atoms with Crippen LogP contribution in [-0.2, 0) is 6.54 Å². The highest BCUT2D eigenvalue weighted by Crippen LogP contribution is 2.27. The maximum absolute atomic E-state index is 5.26. The summed E-state index contributed by atoms with van der Waals surface area (Å²) >= 11 is 0. The molecule has 0 aromatic heterocycles. The average Bonchev–Trinajstić information content (AvgIpc) is 2.45. The van der Waals surface area contributed by atoms with Gasteiger partial charge in [0.1, 0.15) is 5.75 Å².